The molecule has 0 saturated carbocycles. The van der Waals surface area contributed by atoms with Crippen molar-refractivity contribution in [2.45, 2.75) is 39.3 Å². The lowest BCUT2D eigenvalue weighted by Crippen LogP contribution is -2.36. The van der Waals surface area contributed by atoms with Crippen LogP contribution in [0.2, 0.25) is 0 Å². The van der Waals surface area contributed by atoms with Crippen LogP contribution in [0.4, 0.5) is 5.69 Å². The third-order valence-electron chi connectivity index (χ3n) is 6.77. The quantitative estimate of drug-likeness (QED) is 0.426. The molecule has 0 spiro atoms. The van der Waals surface area contributed by atoms with Crippen molar-refractivity contribution in [3.05, 3.63) is 28.3 Å². The molecule has 3 aliphatic rings. The second kappa shape index (κ2) is 9.50. The molecule has 0 saturated heterocycles. The van der Waals surface area contributed by atoms with E-state index in [4.69, 9.17) is 38.9 Å². The van der Waals surface area contributed by atoms with Gasteiger partial charge in [0.25, 0.3) is 0 Å². The van der Waals surface area contributed by atoms with E-state index >= 15 is 0 Å². The van der Waals surface area contributed by atoms with Crippen molar-refractivity contribution in [1.82, 2.24) is 4.90 Å². The lowest BCUT2D eigenvalue weighted by Gasteiger charge is -2.38. The molecular formula is C26H32N2O8. The molecule has 0 aliphatic carbocycles. The first-order valence-electron chi connectivity index (χ1n) is 12.2. The van der Waals surface area contributed by atoms with Crippen LogP contribution in [0.5, 0.6) is 34.5 Å². The van der Waals surface area contributed by atoms with Crippen LogP contribution in [-0.4, -0.2) is 58.2 Å². The number of hydrogen-bond acceptors (Lipinski definition) is 10. The van der Waals surface area contributed by atoms with Crippen molar-refractivity contribution in [2.24, 2.45) is 0 Å². The van der Waals surface area contributed by atoms with Crippen LogP contribution in [0, 0.1) is 0 Å². The maximum absolute atomic E-state index is 13.3. The molecule has 0 fully saturated rings. The molecule has 194 valence electrons. The molecule has 0 unspecified atom stereocenters. The van der Waals surface area contributed by atoms with E-state index in [1.807, 2.05) is 33.9 Å². The molecule has 2 aromatic carbocycles. The Hall–Kier alpha value is -3.53. The zero-order chi connectivity index (χ0) is 25.6. The molecule has 0 aromatic heterocycles. The highest BCUT2D eigenvalue weighted by molar-refractivity contribution is 6.03. The van der Waals surface area contributed by atoms with Crippen LogP contribution < -0.4 is 34.2 Å². The molecule has 3 heterocycles. The van der Waals surface area contributed by atoms with E-state index in [9.17, 15) is 4.79 Å². The van der Waals surface area contributed by atoms with Crippen molar-refractivity contribution in [2.75, 3.05) is 53.0 Å². The Morgan fingerprint density at radius 1 is 1.00 bits per heavy atom. The van der Waals surface area contributed by atoms with E-state index in [2.05, 4.69) is 4.90 Å². The molecule has 2 atom stereocenters. The maximum Gasteiger partial charge on any atom is 0.341 e. The molecule has 2 aromatic rings. The Morgan fingerprint density at radius 3 is 2.39 bits per heavy atom. The fraction of sp³-hybridized carbons (Fsp3) is 0.500. The predicted octanol–water partition coefficient (Wildman–Crippen LogP) is 3.64. The van der Waals surface area contributed by atoms with Crippen molar-refractivity contribution in [3.63, 3.8) is 0 Å². The minimum Gasteiger partial charge on any atom is -0.492 e. The lowest BCUT2D eigenvalue weighted by molar-refractivity contribution is 0.00816. The second-order valence-corrected chi connectivity index (χ2v) is 8.71. The maximum atomic E-state index is 13.3. The summed E-state index contributed by atoms with van der Waals surface area (Å²) in [5.41, 5.74) is 9.43. The van der Waals surface area contributed by atoms with Gasteiger partial charge in [-0.25, -0.2) is 4.79 Å². The van der Waals surface area contributed by atoms with Gasteiger partial charge in [-0.15, -0.1) is 0 Å². The average Bonchev–Trinajstić information content (AvgIpc) is 3.46. The molecule has 5 rings (SSSR count). The number of methoxy groups -OCH3 is 1. The monoisotopic (exact) mass is 500 g/mol. The van der Waals surface area contributed by atoms with E-state index in [-0.39, 0.29) is 23.8 Å². The van der Waals surface area contributed by atoms with Crippen LogP contribution in [-0.2, 0) is 11.2 Å². The van der Waals surface area contributed by atoms with E-state index < -0.39 is 18.1 Å². The fourth-order valence-electron chi connectivity index (χ4n) is 5.37. The van der Waals surface area contributed by atoms with Gasteiger partial charge in [0.05, 0.1) is 49.8 Å². The van der Waals surface area contributed by atoms with Gasteiger partial charge in [-0.3, -0.25) is 4.90 Å². The first-order valence-corrected chi connectivity index (χ1v) is 12.2. The molecule has 3 aliphatic heterocycles. The van der Waals surface area contributed by atoms with Gasteiger partial charge in [0.15, 0.2) is 29.1 Å². The highest BCUT2D eigenvalue weighted by atomic mass is 16.7. The summed E-state index contributed by atoms with van der Waals surface area (Å²) in [7, 11) is 3.59. The summed E-state index contributed by atoms with van der Waals surface area (Å²) < 4.78 is 41.2. The van der Waals surface area contributed by atoms with Crippen molar-refractivity contribution < 1.29 is 38.0 Å². The summed E-state index contributed by atoms with van der Waals surface area (Å²) in [6.45, 7) is 7.50. The minimum absolute atomic E-state index is 0.124. The number of anilines is 1. The van der Waals surface area contributed by atoms with Crippen molar-refractivity contribution >= 4 is 11.7 Å². The Labute approximate surface area is 210 Å². The Morgan fingerprint density at radius 2 is 1.69 bits per heavy atom. The topological polar surface area (TPSA) is 111 Å². The number of carbonyl (C=O) groups is 1. The van der Waals surface area contributed by atoms with Crippen LogP contribution in [0.15, 0.2) is 6.07 Å². The summed E-state index contributed by atoms with van der Waals surface area (Å²) >= 11 is 0. The number of nitrogens with zero attached hydrogens (tertiary/aromatic N) is 1. The van der Waals surface area contributed by atoms with E-state index in [1.165, 1.54) is 0 Å². The van der Waals surface area contributed by atoms with Gasteiger partial charge in [-0.1, -0.05) is 0 Å². The number of fused-ring (bicyclic) bond motifs is 3. The first kappa shape index (κ1) is 24.2. The molecule has 0 bridgehead atoms. The number of benzene rings is 2. The summed E-state index contributed by atoms with van der Waals surface area (Å²) in [6, 6.07) is 1.59. The molecule has 0 amide bonds. The van der Waals surface area contributed by atoms with Gasteiger partial charge < -0.3 is 38.9 Å². The number of hydrogen-bond donors (Lipinski definition) is 1. The smallest absolute Gasteiger partial charge is 0.341 e. The van der Waals surface area contributed by atoms with Gasteiger partial charge in [-0.05, 0) is 45.9 Å². The Kier molecular flexibility index (Phi) is 6.38. The number of ether oxygens (including phenoxy) is 7. The van der Waals surface area contributed by atoms with Crippen LogP contribution in [0.1, 0.15) is 60.0 Å². The lowest BCUT2D eigenvalue weighted by atomic mass is 9.85. The van der Waals surface area contributed by atoms with Crippen LogP contribution in [0.3, 0.4) is 0 Å². The second-order valence-electron chi connectivity index (χ2n) is 8.71. The average molecular weight is 501 g/mol. The number of likely N-dealkylation sites (N-methyl/N-ethyl adjacent to an activating group) is 1. The number of nitrogen functional groups attached to an aromatic ring is 1. The predicted molar refractivity (Wildman–Crippen MR) is 131 cm³/mol. The van der Waals surface area contributed by atoms with Crippen molar-refractivity contribution in [3.8, 4) is 34.5 Å². The molecular weight excluding hydrogens is 468 g/mol. The third-order valence-corrected chi connectivity index (χ3v) is 6.77. The molecule has 36 heavy (non-hydrogen) atoms. The third kappa shape index (κ3) is 3.54. The summed E-state index contributed by atoms with van der Waals surface area (Å²) in [5, 5.41) is 0. The van der Waals surface area contributed by atoms with Gasteiger partial charge in [0.1, 0.15) is 0 Å². The fourth-order valence-corrected chi connectivity index (χ4v) is 5.37. The normalized spacial score (nSPS) is 20.0. The summed E-state index contributed by atoms with van der Waals surface area (Å²) in [5.74, 6) is 2.31. The van der Waals surface area contributed by atoms with Gasteiger partial charge in [0.2, 0.25) is 18.3 Å². The zero-order valence-electron chi connectivity index (χ0n) is 21.3. The first-order chi connectivity index (χ1) is 17.5. The van der Waals surface area contributed by atoms with E-state index in [0.717, 1.165) is 24.1 Å². The number of rotatable bonds is 8. The Bertz CT molecular complexity index is 1200. The molecule has 2 N–H and O–H groups in total. The largest absolute Gasteiger partial charge is 0.492 e. The Balaban J connectivity index is 1.76. The van der Waals surface area contributed by atoms with E-state index in [1.54, 1.807) is 7.11 Å². The number of cyclic esters (lactones) is 1. The van der Waals surface area contributed by atoms with Crippen LogP contribution >= 0.6 is 0 Å². The van der Waals surface area contributed by atoms with Crippen molar-refractivity contribution in [1.29, 1.82) is 0 Å². The van der Waals surface area contributed by atoms with Crippen LogP contribution in [0.25, 0.3) is 0 Å². The summed E-state index contributed by atoms with van der Waals surface area (Å²) in [4.78, 5) is 15.5. The number of nitrogens with two attached hydrogens (primary N) is 1. The molecule has 10 heteroatoms. The number of carbonyl (C=O) groups excluding carboxylic acids is 1. The van der Waals surface area contributed by atoms with E-state index in [0.29, 0.717) is 54.1 Å². The molecule has 0 radical (unpaired) electrons. The summed E-state index contributed by atoms with van der Waals surface area (Å²) in [6.07, 6.45) is 0.0427. The molecule has 10 nitrogen and oxygen atoms in total. The SMILES string of the molecule is CCOc1c(N)c2c(c(OCC)c1OCC)[C@@H]([C@H]1c3c(cc4c(c3OC)OCO4)CCN1C)OC2=O. The zero-order valence-corrected chi connectivity index (χ0v) is 21.3. The number of esters is 1. The van der Waals surface area contributed by atoms with Gasteiger partial charge >= 0.3 is 5.97 Å². The highest BCUT2D eigenvalue weighted by Gasteiger charge is 2.49. The highest BCUT2D eigenvalue weighted by Crippen LogP contribution is 2.59. The van der Waals surface area contributed by atoms with Gasteiger partial charge in [-0.2, -0.15) is 0 Å². The standard InChI is InChI=1S/C26H32N2O8/c1-6-31-23-17-16(18(27)24(32-7-2)25(23)33-8-3)26(29)36-21(17)19-15-13(9-10-28(19)4)11-14-20(22(15)30-5)35-12-34-14/h11,19,21H,6-10,12,27H2,1-5H3/t19-,21+/m1/s1. The minimum atomic E-state index is -0.732. The van der Waals surface area contributed by atoms with Gasteiger partial charge in [0, 0.05) is 12.1 Å².